The smallest absolute Gasteiger partial charge is 0.163 e. The quantitative estimate of drug-likeness (QED) is 0.825. The molecule has 0 radical (unpaired) electrons. The number of halogens is 2. The van der Waals surface area contributed by atoms with E-state index in [2.05, 4.69) is 0 Å². The monoisotopic (exact) mass is 306 g/mol. The average Bonchev–Trinajstić information content (AvgIpc) is 2.36. The fourth-order valence-electron chi connectivity index (χ4n) is 1.76. The van der Waals surface area contributed by atoms with E-state index in [1.54, 1.807) is 11.9 Å². The van der Waals surface area contributed by atoms with Gasteiger partial charge < -0.3 is 10.6 Å². The Bertz CT molecular complexity index is 549. The van der Waals surface area contributed by atoms with Crippen LogP contribution >= 0.6 is 0 Å². The third kappa shape index (κ3) is 5.52. The molecular formula is C13H20F2N2O2S. The maximum Gasteiger partial charge on any atom is 0.163 e. The first-order valence-corrected chi connectivity index (χ1v) is 8.32. The highest BCUT2D eigenvalue weighted by atomic mass is 32.2. The van der Waals surface area contributed by atoms with Gasteiger partial charge in [0, 0.05) is 24.4 Å². The fourth-order valence-corrected chi connectivity index (χ4v) is 2.40. The molecule has 0 amide bonds. The van der Waals surface area contributed by atoms with Gasteiger partial charge in [0.1, 0.15) is 9.84 Å². The lowest BCUT2D eigenvalue weighted by atomic mass is 10.0. The Kier molecular flexibility index (Phi) is 6.04. The van der Waals surface area contributed by atoms with E-state index in [9.17, 15) is 17.2 Å². The van der Waals surface area contributed by atoms with Crippen LogP contribution in [0.1, 0.15) is 18.0 Å². The van der Waals surface area contributed by atoms with Crippen molar-refractivity contribution in [2.45, 2.75) is 12.5 Å². The summed E-state index contributed by atoms with van der Waals surface area (Å²) < 4.78 is 48.7. The average molecular weight is 306 g/mol. The molecule has 0 aliphatic carbocycles. The van der Waals surface area contributed by atoms with Crippen LogP contribution in [-0.4, -0.2) is 45.5 Å². The maximum absolute atomic E-state index is 13.5. The second-order valence-corrected chi connectivity index (χ2v) is 7.23. The molecule has 1 rings (SSSR count). The van der Waals surface area contributed by atoms with E-state index < -0.39 is 27.5 Å². The molecule has 0 saturated carbocycles. The Morgan fingerprint density at radius 3 is 2.55 bits per heavy atom. The van der Waals surface area contributed by atoms with Crippen molar-refractivity contribution in [2.75, 3.05) is 32.1 Å². The third-order valence-corrected chi connectivity index (χ3v) is 3.97. The van der Waals surface area contributed by atoms with Crippen LogP contribution in [0.5, 0.6) is 0 Å². The van der Waals surface area contributed by atoms with Gasteiger partial charge in [-0.3, -0.25) is 0 Å². The molecule has 0 bridgehead atoms. The third-order valence-electron chi connectivity index (χ3n) is 3.05. The van der Waals surface area contributed by atoms with Crippen molar-refractivity contribution in [1.29, 1.82) is 0 Å². The molecule has 1 atom stereocenters. The second kappa shape index (κ2) is 7.10. The summed E-state index contributed by atoms with van der Waals surface area (Å²) in [4.78, 5) is 1.80. The molecule has 0 aromatic heterocycles. The van der Waals surface area contributed by atoms with Crippen LogP contribution < -0.4 is 5.73 Å². The lowest BCUT2D eigenvalue weighted by molar-refractivity contribution is 0.333. The Hall–Kier alpha value is -1.05. The second-order valence-electron chi connectivity index (χ2n) is 4.97. The predicted octanol–water partition coefficient (Wildman–Crippen LogP) is 1.33. The summed E-state index contributed by atoms with van der Waals surface area (Å²) in [5.41, 5.74) is 5.98. The number of hydrogen-bond donors (Lipinski definition) is 1. The fraction of sp³-hybridized carbons (Fsp3) is 0.538. The van der Waals surface area contributed by atoms with Gasteiger partial charge in [-0.2, -0.15) is 0 Å². The van der Waals surface area contributed by atoms with E-state index in [1.165, 1.54) is 18.4 Å². The summed E-state index contributed by atoms with van der Waals surface area (Å²) >= 11 is 0. The predicted molar refractivity (Wildman–Crippen MR) is 75.1 cm³/mol. The topological polar surface area (TPSA) is 63.4 Å². The number of nitrogens with two attached hydrogens (primary N) is 1. The number of benzene rings is 1. The molecule has 0 fully saturated rings. The zero-order valence-corrected chi connectivity index (χ0v) is 12.5. The van der Waals surface area contributed by atoms with E-state index >= 15 is 0 Å². The van der Waals surface area contributed by atoms with Crippen molar-refractivity contribution in [2.24, 2.45) is 5.73 Å². The molecule has 1 unspecified atom stereocenters. The van der Waals surface area contributed by atoms with Crippen LogP contribution in [0.15, 0.2) is 18.2 Å². The van der Waals surface area contributed by atoms with Gasteiger partial charge in [-0.25, -0.2) is 17.2 Å². The van der Waals surface area contributed by atoms with Crippen molar-refractivity contribution in [1.82, 2.24) is 4.90 Å². The number of rotatable bonds is 7. The zero-order valence-electron chi connectivity index (χ0n) is 11.6. The van der Waals surface area contributed by atoms with E-state index in [0.717, 1.165) is 6.07 Å². The number of hydrogen-bond acceptors (Lipinski definition) is 4. The van der Waals surface area contributed by atoms with Crippen molar-refractivity contribution in [3.63, 3.8) is 0 Å². The van der Waals surface area contributed by atoms with E-state index in [0.29, 0.717) is 19.5 Å². The Morgan fingerprint density at radius 1 is 1.30 bits per heavy atom. The Balaban J connectivity index is 2.51. The van der Waals surface area contributed by atoms with Crippen molar-refractivity contribution < 1.29 is 17.2 Å². The van der Waals surface area contributed by atoms with Crippen LogP contribution in [-0.2, 0) is 9.84 Å². The molecule has 20 heavy (non-hydrogen) atoms. The van der Waals surface area contributed by atoms with Crippen LogP contribution in [0.25, 0.3) is 0 Å². The molecule has 0 spiro atoms. The highest BCUT2D eigenvalue weighted by Gasteiger charge is 2.15. The van der Waals surface area contributed by atoms with Gasteiger partial charge in [0.25, 0.3) is 0 Å². The minimum atomic E-state index is -3.00. The molecule has 0 aliphatic rings. The van der Waals surface area contributed by atoms with Gasteiger partial charge in [-0.05, 0) is 26.1 Å². The first-order valence-electron chi connectivity index (χ1n) is 6.26. The lowest BCUT2D eigenvalue weighted by Crippen LogP contribution is -2.28. The van der Waals surface area contributed by atoms with Crippen LogP contribution in [0.3, 0.4) is 0 Å². The molecule has 7 heteroatoms. The molecule has 0 heterocycles. The first-order chi connectivity index (χ1) is 9.20. The number of nitrogens with zero attached hydrogens (tertiary/aromatic N) is 1. The normalized spacial score (nSPS) is 13.7. The highest BCUT2D eigenvalue weighted by Crippen LogP contribution is 2.20. The Labute approximate surface area is 118 Å². The van der Waals surface area contributed by atoms with E-state index in [4.69, 9.17) is 5.73 Å². The van der Waals surface area contributed by atoms with Crippen LogP contribution in [0, 0.1) is 11.6 Å². The molecule has 0 aliphatic heterocycles. The minimum Gasteiger partial charge on any atom is -0.324 e. The van der Waals surface area contributed by atoms with Crippen molar-refractivity contribution in [3.8, 4) is 0 Å². The van der Waals surface area contributed by atoms with E-state index in [-0.39, 0.29) is 11.3 Å². The van der Waals surface area contributed by atoms with Gasteiger partial charge in [-0.1, -0.05) is 12.1 Å². The van der Waals surface area contributed by atoms with Crippen molar-refractivity contribution >= 4 is 9.84 Å². The summed E-state index contributed by atoms with van der Waals surface area (Å²) in [6.07, 6.45) is 1.59. The molecular weight excluding hydrogens is 286 g/mol. The zero-order chi connectivity index (χ0) is 15.3. The summed E-state index contributed by atoms with van der Waals surface area (Å²) in [6, 6.07) is 3.30. The van der Waals surface area contributed by atoms with Crippen LogP contribution in [0.4, 0.5) is 8.78 Å². The van der Waals surface area contributed by atoms with E-state index in [1.807, 2.05) is 0 Å². The van der Waals surface area contributed by atoms with Gasteiger partial charge >= 0.3 is 0 Å². The molecule has 4 nitrogen and oxygen atoms in total. The standard InChI is InChI=1S/C13H20F2N2O2S/c1-17(8-9-20(2,18)19)7-6-12(16)10-4-3-5-11(14)13(10)15/h3-5,12H,6-9,16H2,1-2H3. The SMILES string of the molecule is CN(CCC(N)c1cccc(F)c1F)CCS(C)(=O)=O. The van der Waals surface area contributed by atoms with Crippen molar-refractivity contribution in [3.05, 3.63) is 35.4 Å². The van der Waals surface area contributed by atoms with Gasteiger partial charge in [0.05, 0.1) is 5.75 Å². The lowest BCUT2D eigenvalue weighted by Gasteiger charge is -2.19. The summed E-state index contributed by atoms with van der Waals surface area (Å²) in [5, 5.41) is 0. The van der Waals surface area contributed by atoms with Gasteiger partial charge in [0.2, 0.25) is 0 Å². The largest absolute Gasteiger partial charge is 0.324 e. The summed E-state index contributed by atoms with van der Waals surface area (Å²) in [5.74, 6) is -1.77. The molecule has 1 aromatic rings. The highest BCUT2D eigenvalue weighted by molar-refractivity contribution is 7.90. The summed E-state index contributed by atoms with van der Waals surface area (Å²) in [7, 11) is -1.24. The molecule has 1 aromatic carbocycles. The minimum absolute atomic E-state index is 0.0626. The molecule has 114 valence electrons. The van der Waals surface area contributed by atoms with Gasteiger partial charge in [-0.15, -0.1) is 0 Å². The van der Waals surface area contributed by atoms with Gasteiger partial charge in [0.15, 0.2) is 11.6 Å². The molecule has 0 saturated heterocycles. The summed E-state index contributed by atoms with van der Waals surface area (Å²) in [6.45, 7) is 0.893. The van der Waals surface area contributed by atoms with Crippen LogP contribution in [0.2, 0.25) is 0 Å². The number of sulfone groups is 1. The first kappa shape index (κ1) is 17.0. The molecule has 2 N–H and O–H groups in total. The maximum atomic E-state index is 13.5. The Morgan fingerprint density at radius 2 is 1.95 bits per heavy atom.